The summed E-state index contributed by atoms with van der Waals surface area (Å²) in [7, 11) is -3.46. The van der Waals surface area contributed by atoms with Crippen LogP contribution in [0, 0.1) is 5.82 Å². The van der Waals surface area contributed by atoms with Crippen molar-refractivity contribution in [1.29, 1.82) is 0 Å². The highest BCUT2D eigenvalue weighted by Crippen LogP contribution is 2.17. The Labute approximate surface area is 147 Å². The van der Waals surface area contributed by atoms with E-state index in [2.05, 4.69) is 5.32 Å². The summed E-state index contributed by atoms with van der Waals surface area (Å²) < 4.78 is 44.9. The summed E-state index contributed by atoms with van der Waals surface area (Å²) in [4.78, 5) is 0.295. The first-order valence-electron chi connectivity index (χ1n) is 8.18. The van der Waals surface area contributed by atoms with Crippen LogP contribution < -0.4 is 5.32 Å². The molecule has 1 saturated heterocycles. The van der Waals surface area contributed by atoms with E-state index in [0.29, 0.717) is 44.3 Å². The van der Waals surface area contributed by atoms with Gasteiger partial charge in [-0.15, -0.1) is 0 Å². The first-order chi connectivity index (χ1) is 12.1. The fourth-order valence-electron chi connectivity index (χ4n) is 2.71. The lowest BCUT2D eigenvalue weighted by molar-refractivity contribution is 0.0730. The quantitative estimate of drug-likeness (QED) is 0.853. The maximum Gasteiger partial charge on any atom is 0.243 e. The number of halogens is 1. The van der Waals surface area contributed by atoms with Gasteiger partial charge in [0.25, 0.3) is 0 Å². The van der Waals surface area contributed by atoms with Crippen molar-refractivity contribution in [1.82, 2.24) is 9.62 Å². The summed E-state index contributed by atoms with van der Waals surface area (Å²) >= 11 is 0. The van der Waals surface area contributed by atoms with Gasteiger partial charge in [0.2, 0.25) is 10.0 Å². The summed E-state index contributed by atoms with van der Waals surface area (Å²) in [5, 5.41) is 3.22. The monoisotopic (exact) mass is 364 g/mol. The fraction of sp³-hybridized carbons (Fsp3) is 0.333. The van der Waals surface area contributed by atoms with E-state index in [0.717, 1.165) is 11.1 Å². The Morgan fingerprint density at radius 1 is 1.00 bits per heavy atom. The third kappa shape index (κ3) is 4.64. The number of hydrogen-bond donors (Lipinski definition) is 1. The van der Waals surface area contributed by atoms with Gasteiger partial charge in [0.1, 0.15) is 5.82 Å². The molecule has 1 fully saturated rings. The van der Waals surface area contributed by atoms with Gasteiger partial charge < -0.3 is 10.1 Å². The maximum atomic E-state index is 13.1. The molecule has 0 bridgehead atoms. The Balaban J connectivity index is 1.58. The molecule has 0 radical (unpaired) electrons. The lowest BCUT2D eigenvalue weighted by Gasteiger charge is -2.26. The SMILES string of the molecule is O=S(=O)(c1ccc(CNCc2cccc(F)c2)cc1)N1CCOCC1. The molecular weight excluding hydrogens is 343 g/mol. The molecule has 0 amide bonds. The molecule has 0 saturated carbocycles. The van der Waals surface area contributed by atoms with Gasteiger partial charge in [0.15, 0.2) is 0 Å². The molecule has 1 aliphatic rings. The van der Waals surface area contributed by atoms with E-state index < -0.39 is 10.0 Å². The van der Waals surface area contributed by atoms with Crippen molar-refractivity contribution in [2.24, 2.45) is 0 Å². The molecule has 0 unspecified atom stereocenters. The van der Waals surface area contributed by atoms with Crippen molar-refractivity contribution in [3.05, 3.63) is 65.5 Å². The molecule has 1 heterocycles. The molecule has 25 heavy (non-hydrogen) atoms. The fourth-order valence-corrected chi connectivity index (χ4v) is 4.12. The second-order valence-corrected chi connectivity index (χ2v) is 7.83. The van der Waals surface area contributed by atoms with E-state index in [4.69, 9.17) is 4.74 Å². The summed E-state index contributed by atoms with van der Waals surface area (Å²) in [6.07, 6.45) is 0. The van der Waals surface area contributed by atoms with Gasteiger partial charge in [-0.25, -0.2) is 12.8 Å². The van der Waals surface area contributed by atoms with Crippen LogP contribution >= 0.6 is 0 Å². The van der Waals surface area contributed by atoms with Crippen LogP contribution in [0.2, 0.25) is 0 Å². The number of hydrogen-bond acceptors (Lipinski definition) is 4. The Morgan fingerprint density at radius 3 is 2.36 bits per heavy atom. The van der Waals surface area contributed by atoms with Gasteiger partial charge in [0, 0.05) is 26.2 Å². The molecule has 5 nitrogen and oxygen atoms in total. The zero-order chi connectivity index (χ0) is 17.7. The summed E-state index contributed by atoms with van der Waals surface area (Å²) in [5.41, 5.74) is 1.84. The Bertz CT molecular complexity index is 803. The normalized spacial score (nSPS) is 16.0. The molecule has 1 N–H and O–H groups in total. The summed E-state index contributed by atoms with van der Waals surface area (Å²) in [5.74, 6) is -0.253. The first-order valence-corrected chi connectivity index (χ1v) is 9.62. The van der Waals surface area contributed by atoms with E-state index >= 15 is 0 Å². The second kappa shape index (κ2) is 8.05. The molecule has 0 atom stereocenters. The Kier molecular flexibility index (Phi) is 5.80. The van der Waals surface area contributed by atoms with Crippen molar-refractivity contribution in [3.63, 3.8) is 0 Å². The minimum absolute atomic E-state index is 0.253. The molecule has 2 aromatic carbocycles. The number of benzene rings is 2. The van der Waals surface area contributed by atoms with Gasteiger partial charge in [0.05, 0.1) is 18.1 Å². The maximum absolute atomic E-state index is 13.1. The lowest BCUT2D eigenvalue weighted by Crippen LogP contribution is -2.40. The summed E-state index contributed by atoms with van der Waals surface area (Å²) in [6, 6.07) is 13.3. The van der Waals surface area contributed by atoms with Crippen LogP contribution in [-0.2, 0) is 27.8 Å². The molecule has 0 spiro atoms. The van der Waals surface area contributed by atoms with E-state index in [1.807, 2.05) is 6.07 Å². The number of nitrogens with zero attached hydrogens (tertiary/aromatic N) is 1. The van der Waals surface area contributed by atoms with E-state index in [-0.39, 0.29) is 5.82 Å². The lowest BCUT2D eigenvalue weighted by atomic mass is 10.2. The summed E-state index contributed by atoms with van der Waals surface area (Å²) in [6.45, 7) is 2.77. The van der Waals surface area contributed by atoms with Gasteiger partial charge in [-0.2, -0.15) is 4.31 Å². The van der Waals surface area contributed by atoms with Crippen molar-refractivity contribution in [3.8, 4) is 0 Å². The first kappa shape index (κ1) is 18.0. The van der Waals surface area contributed by atoms with Gasteiger partial charge in [-0.3, -0.25) is 0 Å². The van der Waals surface area contributed by atoms with E-state index in [1.165, 1.54) is 16.4 Å². The minimum atomic E-state index is -3.46. The highest BCUT2D eigenvalue weighted by molar-refractivity contribution is 7.89. The van der Waals surface area contributed by atoms with Crippen molar-refractivity contribution in [2.45, 2.75) is 18.0 Å². The Morgan fingerprint density at radius 2 is 1.68 bits per heavy atom. The van der Waals surface area contributed by atoms with Crippen LogP contribution in [0.3, 0.4) is 0 Å². The zero-order valence-electron chi connectivity index (χ0n) is 13.8. The molecule has 134 valence electrons. The number of sulfonamides is 1. The third-order valence-corrected chi connectivity index (χ3v) is 5.99. The standard InChI is InChI=1S/C18H21FN2O3S/c19-17-3-1-2-16(12-17)14-20-13-15-4-6-18(7-5-15)25(22,23)21-8-10-24-11-9-21/h1-7,12,20H,8-11,13-14H2. The molecular formula is C18H21FN2O3S. The van der Waals surface area contributed by atoms with Crippen LogP contribution in [0.15, 0.2) is 53.4 Å². The van der Waals surface area contributed by atoms with E-state index in [9.17, 15) is 12.8 Å². The number of morpholine rings is 1. The molecule has 0 aromatic heterocycles. The number of ether oxygens (including phenoxy) is 1. The average molecular weight is 364 g/mol. The molecule has 0 aliphatic carbocycles. The molecule has 7 heteroatoms. The van der Waals surface area contributed by atoms with Crippen molar-refractivity contribution < 1.29 is 17.5 Å². The molecule has 3 rings (SSSR count). The van der Waals surface area contributed by atoms with Gasteiger partial charge in [-0.05, 0) is 35.4 Å². The van der Waals surface area contributed by atoms with Crippen LogP contribution in [0.4, 0.5) is 4.39 Å². The number of nitrogens with one attached hydrogen (secondary N) is 1. The highest BCUT2D eigenvalue weighted by atomic mass is 32.2. The number of rotatable bonds is 6. The van der Waals surface area contributed by atoms with Crippen LogP contribution in [0.25, 0.3) is 0 Å². The molecule has 2 aromatic rings. The highest BCUT2D eigenvalue weighted by Gasteiger charge is 2.25. The van der Waals surface area contributed by atoms with Crippen molar-refractivity contribution >= 4 is 10.0 Å². The second-order valence-electron chi connectivity index (χ2n) is 5.89. The van der Waals surface area contributed by atoms with E-state index in [1.54, 1.807) is 30.3 Å². The predicted molar refractivity (Wildman–Crippen MR) is 93.0 cm³/mol. The van der Waals surface area contributed by atoms with Crippen LogP contribution in [-0.4, -0.2) is 39.0 Å². The topological polar surface area (TPSA) is 58.6 Å². The van der Waals surface area contributed by atoms with Gasteiger partial charge in [-0.1, -0.05) is 24.3 Å². The Hall–Kier alpha value is -1.80. The van der Waals surface area contributed by atoms with Crippen LogP contribution in [0.1, 0.15) is 11.1 Å². The zero-order valence-corrected chi connectivity index (χ0v) is 14.6. The average Bonchev–Trinajstić information content (AvgIpc) is 2.63. The predicted octanol–water partition coefficient (Wildman–Crippen LogP) is 2.14. The third-order valence-electron chi connectivity index (χ3n) is 4.08. The largest absolute Gasteiger partial charge is 0.379 e. The van der Waals surface area contributed by atoms with Gasteiger partial charge >= 0.3 is 0 Å². The van der Waals surface area contributed by atoms with Crippen LogP contribution in [0.5, 0.6) is 0 Å². The smallest absolute Gasteiger partial charge is 0.243 e. The van der Waals surface area contributed by atoms with Crippen molar-refractivity contribution in [2.75, 3.05) is 26.3 Å². The minimum Gasteiger partial charge on any atom is -0.379 e. The molecule has 1 aliphatic heterocycles.